The Morgan fingerprint density at radius 3 is 1.69 bits per heavy atom. The number of rotatable bonds is 3. The first-order valence-electron chi connectivity index (χ1n) is 20.5. The molecule has 2 aromatic heterocycles. The summed E-state index contributed by atoms with van der Waals surface area (Å²) in [6.45, 7) is 4.75. The van der Waals surface area contributed by atoms with E-state index in [9.17, 15) is 0 Å². The molecule has 1 aliphatic rings. The van der Waals surface area contributed by atoms with Crippen LogP contribution in [-0.4, -0.2) is 0 Å². The summed E-state index contributed by atoms with van der Waals surface area (Å²) in [7, 11) is 0. The predicted octanol–water partition coefficient (Wildman–Crippen LogP) is 16.3. The van der Waals surface area contributed by atoms with Crippen molar-refractivity contribution in [3.05, 3.63) is 193 Å². The molecule has 0 bridgehead atoms. The number of para-hydroxylation sites is 1. The molecule has 0 N–H and O–H groups in total. The lowest BCUT2D eigenvalue weighted by molar-refractivity contribution is 0.660. The van der Waals surface area contributed by atoms with Crippen molar-refractivity contribution >= 4 is 76.2 Å². The van der Waals surface area contributed by atoms with Crippen molar-refractivity contribution in [1.29, 1.82) is 0 Å². The zero-order chi connectivity index (χ0) is 39.0. The Kier molecular flexibility index (Phi) is 6.54. The SMILES string of the molecule is CC1(C)c2ccc(-c3c4ccccc4c(-c4ccccc4)c4ccccc34)cc2-c2ccc(-c3ccc4oc5c(ccc6ccc7oc8ccccc8c7c65)c4c3)cc21. The van der Waals surface area contributed by atoms with Crippen molar-refractivity contribution in [1.82, 2.24) is 0 Å². The molecule has 59 heavy (non-hydrogen) atoms. The molecule has 0 saturated carbocycles. The number of fused-ring (bicyclic) bond motifs is 14. The Morgan fingerprint density at radius 2 is 0.932 bits per heavy atom. The van der Waals surface area contributed by atoms with E-state index in [0.29, 0.717) is 0 Å². The zero-order valence-corrected chi connectivity index (χ0v) is 32.6. The molecule has 13 rings (SSSR count). The van der Waals surface area contributed by atoms with E-state index in [0.717, 1.165) is 54.6 Å². The molecular formula is C57H36O2. The Labute approximate surface area is 340 Å². The van der Waals surface area contributed by atoms with Crippen molar-refractivity contribution in [2.45, 2.75) is 19.3 Å². The molecule has 0 fully saturated rings. The van der Waals surface area contributed by atoms with Crippen molar-refractivity contribution in [3.8, 4) is 44.5 Å². The Bertz CT molecular complexity index is 3690. The number of furan rings is 2. The molecule has 0 saturated heterocycles. The largest absolute Gasteiger partial charge is 0.456 e. The Balaban J connectivity index is 0.956. The highest BCUT2D eigenvalue weighted by Crippen LogP contribution is 2.52. The van der Waals surface area contributed by atoms with Crippen LogP contribution in [0.4, 0.5) is 0 Å². The second kappa shape index (κ2) is 11.8. The highest BCUT2D eigenvalue weighted by Gasteiger charge is 2.36. The molecule has 1 aliphatic carbocycles. The molecule has 0 aliphatic heterocycles. The summed E-state index contributed by atoms with van der Waals surface area (Å²) in [5.41, 5.74) is 16.2. The van der Waals surface area contributed by atoms with Crippen LogP contribution in [0.1, 0.15) is 25.0 Å². The predicted molar refractivity (Wildman–Crippen MR) is 247 cm³/mol. The molecule has 0 radical (unpaired) electrons. The van der Waals surface area contributed by atoms with Gasteiger partial charge in [-0.25, -0.2) is 0 Å². The lowest BCUT2D eigenvalue weighted by Gasteiger charge is -2.22. The smallest absolute Gasteiger partial charge is 0.144 e. The monoisotopic (exact) mass is 752 g/mol. The summed E-state index contributed by atoms with van der Waals surface area (Å²) < 4.78 is 13.0. The van der Waals surface area contributed by atoms with E-state index in [4.69, 9.17) is 8.83 Å². The number of hydrogen-bond donors (Lipinski definition) is 0. The average molecular weight is 753 g/mol. The fourth-order valence-corrected chi connectivity index (χ4v) is 10.5. The van der Waals surface area contributed by atoms with E-state index in [1.807, 2.05) is 12.1 Å². The summed E-state index contributed by atoms with van der Waals surface area (Å²) in [6.07, 6.45) is 0. The van der Waals surface area contributed by atoms with Gasteiger partial charge in [0.25, 0.3) is 0 Å². The van der Waals surface area contributed by atoms with Gasteiger partial charge in [-0.15, -0.1) is 0 Å². The van der Waals surface area contributed by atoms with E-state index in [1.165, 1.54) is 77.2 Å². The molecular weight excluding hydrogens is 717 g/mol. The first-order chi connectivity index (χ1) is 29.0. The average Bonchev–Trinajstić information content (AvgIpc) is 3.92. The third-order valence-electron chi connectivity index (χ3n) is 13.3. The lowest BCUT2D eigenvalue weighted by Crippen LogP contribution is -2.15. The van der Waals surface area contributed by atoms with Crippen LogP contribution < -0.4 is 0 Å². The lowest BCUT2D eigenvalue weighted by atomic mass is 9.81. The van der Waals surface area contributed by atoms with E-state index in [2.05, 4.69) is 184 Å². The van der Waals surface area contributed by atoms with Crippen molar-refractivity contribution in [3.63, 3.8) is 0 Å². The first-order valence-corrected chi connectivity index (χ1v) is 20.5. The summed E-state index contributed by atoms with van der Waals surface area (Å²) in [4.78, 5) is 0. The van der Waals surface area contributed by atoms with Crippen LogP contribution in [0.15, 0.2) is 191 Å². The number of benzene rings is 10. The van der Waals surface area contributed by atoms with Crippen LogP contribution in [0, 0.1) is 0 Å². The number of hydrogen-bond acceptors (Lipinski definition) is 2. The minimum atomic E-state index is -0.162. The summed E-state index contributed by atoms with van der Waals surface area (Å²) in [5.74, 6) is 0. The van der Waals surface area contributed by atoms with Crippen LogP contribution in [0.5, 0.6) is 0 Å². The van der Waals surface area contributed by atoms with Gasteiger partial charge in [0.2, 0.25) is 0 Å². The molecule has 0 atom stereocenters. The molecule has 10 aromatic carbocycles. The topological polar surface area (TPSA) is 26.3 Å². The standard InChI is InChI=1S/C57H36O2/c1-57(2)47-27-22-37(53-41-16-8-6-14-39(41)52(33-12-4-3-5-13-33)40-15-7-9-17-42(40)53)31-45(47)38-25-21-36(32-48(38)57)35-24-28-50-46(30-35)43-26-20-34-23-29-51-55(54(34)56(43)59-50)44-18-10-11-19-49(44)58-51/h3-32H,1-2H3. The zero-order valence-electron chi connectivity index (χ0n) is 32.6. The van der Waals surface area contributed by atoms with E-state index < -0.39 is 0 Å². The van der Waals surface area contributed by atoms with Gasteiger partial charge in [0.15, 0.2) is 0 Å². The molecule has 0 amide bonds. The molecule has 12 aromatic rings. The molecule has 2 nitrogen and oxygen atoms in total. The van der Waals surface area contributed by atoms with Crippen LogP contribution in [0.3, 0.4) is 0 Å². The normalized spacial score (nSPS) is 13.4. The van der Waals surface area contributed by atoms with Gasteiger partial charge < -0.3 is 8.83 Å². The molecule has 2 heterocycles. The van der Waals surface area contributed by atoms with E-state index in [-0.39, 0.29) is 5.41 Å². The van der Waals surface area contributed by atoms with Crippen molar-refractivity contribution in [2.24, 2.45) is 0 Å². The van der Waals surface area contributed by atoms with Gasteiger partial charge in [0, 0.05) is 32.3 Å². The van der Waals surface area contributed by atoms with Gasteiger partial charge >= 0.3 is 0 Å². The summed E-state index contributed by atoms with van der Waals surface area (Å²) in [6, 6.07) is 66.5. The maximum absolute atomic E-state index is 6.72. The van der Waals surface area contributed by atoms with Crippen LogP contribution in [-0.2, 0) is 5.41 Å². The maximum Gasteiger partial charge on any atom is 0.144 e. The van der Waals surface area contributed by atoms with Gasteiger partial charge in [-0.3, -0.25) is 0 Å². The Hall–Kier alpha value is -7.42. The quantitative estimate of drug-likeness (QED) is 0.168. The van der Waals surface area contributed by atoms with Crippen LogP contribution >= 0.6 is 0 Å². The molecule has 276 valence electrons. The summed E-state index contributed by atoms with van der Waals surface area (Å²) in [5, 5.41) is 11.8. The summed E-state index contributed by atoms with van der Waals surface area (Å²) >= 11 is 0. The van der Waals surface area contributed by atoms with E-state index >= 15 is 0 Å². The minimum Gasteiger partial charge on any atom is -0.456 e. The molecule has 0 spiro atoms. The third-order valence-corrected chi connectivity index (χ3v) is 13.3. The van der Waals surface area contributed by atoms with Crippen LogP contribution in [0.2, 0.25) is 0 Å². The van der Waals surface area contributed by atoms with Crippen LogP contribution in [0.25, 0.3) is 121 Å². The Morgan fingerprint density at radius 1 is 0.339 bits per heavy atom. The van der Waals surface area contributed by atoms with Crippen molar-refractivity contribution < 1.29 is 8.83 Å². The maximum atomic E-state index is 6.72. The van der Waals surface area contributed by atoms with Gasteiger partial charge in [-0.2, -0.15) is 0 Å². The fraction of sp³-hybridized carbons (Fsp3) is 0.0526. The third kappa shape index (κ3) is 4.52. The first kappa shape index (κ1) is 32.6. The molecule has 0 unspecified atom stereocenters. The highest BCUT2D eigenvalue weighted by atomic mass is 16.3. The second-order valence-electron chi connectivity index (χ2n) is 16.7. The van der Waals surface area contributed by atoms with Gasteiger partial charge in [-0.05, 0) is 125 Å². The van der Waals surface area contributed by atoms with Crippen molar-refractivity contribution in [2.75, 3.05) is 0 Å². The highest BCUT2D eigenvalue weighted by molar-refractivity contribution is 6.28. The van der Waals surface area contributed by atoms with Gasteiger partial charge in [-0.1, -0.05) is 153 Å². The van der Waals surface area contributed by atoms with E-state index in [1.54, 1.807) is 0 Å². The fourth-order valence-electron chi connectivity index (χ4n) is 10.5. The minimum absolute atomic E-state index is 0.162. The van der Waals surface area contributed by atoms with Gasteiger partial charge in [0.05, 0.1) is 0 Å². The molecule has 2 heteroatoms. The second-order valence-corrected chi connectivity index (χ2v) is 16.7. The van der Waals surface area contributed by atoms with Gasteiger partial charge in [0.1, 0.15) is 22.3 Å².